The Labute approximate surface area is 191 Å². The molecule has 5 rings (SSSR count). The molecule has 4 aromatic carbocycles. The summed E-state index contributed by atoms with van der Waals surface area (Å²) >= 11 is 3.54. The third kappa shape index (κ3) is 3.24. The van der Waals surface area contributed by atoms with Gasteiger partial charge in [-0.25, -0.2) is 0 Å². The van der Waals surface area contributed by atoms with Crippen molar-refractivity contribution in [3.05, 3.63) is 112 Å². The summed E-state index contributed by atoms with van der Waals surface area (Å²) in [4.78, 5) is 2.24. The van der Waals surface area contributed by atoms with Crippen LogP contribution < -0.4 is 4.90 Å². The second-order valence-electron chi connectivity index (χ2n) is 8.37. The molecule has 4 aromatic rings. The average Bonchev–Trinajstić information content (AvgIpc) is 3.03. The lowest BCUT2D eigenvalue weighted by Gasteiger charge is -2.28. The fraction of sp³-hybridized carbons (Fsp3) is 0.107. The zero-order valence-electron chi connectivity index (χ0n) is 17.4. The molecule has 0 unspecified atom stereocenters. The van der Waals surface area contributed by atoms with Gasteiger partial charge in [-0.15, -0.1) is 0 Å². The van der Waals surface area contributed by atoms with E-state index >= 15 is 0 Å². The number of anilines is 3. The summed E-state index contributed by atoms with van der Waals surface area (Å²) in [6.07, 6.45) is 0. The van der Waals surface area contributed by atoms with Crippen LogP contribution in [-0.4, -0.2) is 0 Å². The minimum Gasteiger partial charge on any atom is -0.310 e. The topological polar surface area (TPSA) is 27.0 Å². The molecular weight excluding hydrogens is 444 g/mol. The van der Waals surface area contributed by atoms with Gasteiger partial charge in [0.25, 0.3) is 0 Å². The van der Waals surface area contributed by atoms with Crippen LogP contribution in [-0.2, 0) is 5.41 Å². The molecule has 0 radical (unpaired) electrons. The molecule has 0 N–H and O–H groups in total. The Bertz CT molecular complexity index is 1310. The quantitative estimate of drug-likeness (QED) is 0.306. The van der Waals surface area contributed by atoms with Crippen LogP contribution in [0.1, 0.15) is 30.5 Å². The van der Waals surface area contributed by atoms with Crippen molar-refractivity contribution in [2.45, 2.75) is 19.3 Å². The summed E-state index contributed by atoms with van der Waals surface area (Å²) < 4.78 is 1.04. The van der Waals surface area contributed by atoms with E-state index in [0.29, 0.717) is 5.56 Å². The lowest BCUT2D eigenvalue weighted by molar-refractivity contribution is 0.660. The lowest BCUT2D eigenvalue weighted by Crippen LogP contribution is -2.16. The Morgan fingerprint density at radius 3 is 1.97 bits per heavy atom. The minimum absolute atomic E-state index is 0.0576. The van der Waals surface area contributed by atoms with Gasteiger partial charge < -0.3 is 4.90 Å². The third-order valence-corrected chi connectivity index (χ3v) is 6.69. The van der Waals surface area contributed by atoms with Crippen LogP contribution in [0.4, 0.5) is 17.1 Å². The molecule has 0 spiro atoms. The maximum absolute atomic E-state index is 9.21. The predicted octanol–water partition coefficient (Wildman–Crippen LogP) is 8.10. The van der Waals surface area contributed by atoms with E-state index in [2.05, 4.69) is 107 Å². The molecule has 31 heavy (non-hydrogen) atoms. The molecule has 2 nitrogen and oxygen atoms in total. The van der Waals surface area contributed by atoms with Crippen LogP contribution in [0.25, 0.3) is 11.1 Å². The van der Waals surface area contributed by atoms with E-state index in [1.165, 1.54) is 22.3 Å². The number of halogens is 1. The molecule has 0 saturated heterocycles. The van der Waals surface area contributed by atoms with E-state index in [0.717, 1.165) is 21.5 Å². The highest BCUT2D eigenvalue weighted by atomic mass is 79.9. The van der Waals surface area contributed by atoms with Crippen molar-refractivity contribution < 1.29 is 0 Å². The number of nitriles is 1. The van der Waals surface area contributed by atoms with Crippen LogP contribution in [0.5, 0.6) is 0 Å². The van der Waals surface area contributed by atoms with Crippen LogP contribution in [0.15, 0.2) is 95.5 Å². The second-order valence-corrected chi connectivity index (χ2v) is 9.29. The Hall–Kier alpha value is -3.35. The Kier molecular flexibility index (Phi) is 4.68. The smallest absolute Gasteiger partial charge is 0.0991 e. The first kappa shape index (κ1) is 19.6. The maximum Gasteiger partial charge on any atom is 0.0991 e. The van der Waals surface area contributed by atoms with Gasteiger partial charge in [0.1, 0.15) is 0 Å². The number of benzene rings is 4. The zero-order valence-corrected chi connectivity index (χ0v) is 19.0. The molecule has 150 valence electrons. The van der Waals surface area contributed by atoms with Gasteiger partial charge >= 0.3 is 0 Å². The molecule has 0 atom stereocenters. The van der Waals surface area contributed by atoms with E-state index in [-0.39, 0.29) is 5.41 Å². The van der Waals surface area contributed by atoms with E-state index in [4.69, 9.17) is 0 Å². The average molecular weight is 465 g/mol. The molecule has 0 bridgehead atoms. The number of fused-ring (bicyclic) bond motifs is 3. The van der Waals surface area contributed by atoms with Gasteiger partial charge in [-0.2, -0.15) is 5.26 Å². The van der Waals surface area contributed by atoms with Crippen molar-refractivity contribution in [2.24, 2.45) is 0 Å². The molecule has 3 heteroatoms. The number of rotatable bonds is 3. The molecule has 1 aliphatic rings. The van der Waals surface area contributed by atoms with Crippen molar-refractivity contribution in [2.75, 3.05) is 4.90 Å². The highest BCUT2D eigenvalue weighted by Crippen LogP contribution is 2.50. The molecular formula is C28H21BrN2. The molecule has 0 aliphatic heterocycles. The van der Waals surface area contributed by atoms with Gasteiger partial charge in [-0.05, 0) is 82.9 Å². The minimum atomic E-state index is -0.0576. The van der Waals surface area contributed by atoms with E-state index in [9.17, 15) is 5.26 Å². The van der Waals surface area contributed by atoms with Crippen LogP contribution in [0, 0.1) is 11.3 Å². The van der Waals surface area contributed by atoms with Crippen molar-refractivity contribution in [3.8, 4) is 17.2 Å². The molecule has 0 aromatic heterocycles. The first-order valence-electron chi connectivity index (χ1n) is 10.3. The third-order valence-electron chi connectivity index (χ3n) is 6.16. The van der Waals surface area contributed by atoms with Crippen molar-refractivity contribution in [1.29, 1.82) is 5.26 Å². The highest BCUT2D eigenvalue weighted by molar-refractivity contribution is 9.10. The molecule has 0 heterocycles. The fourth-order valence-electron chi connectivity index (χ4n) is 4.55. The Morgan fingerprint density at radius 1 is 0.710 bits per heavy atom. The highest BCUT2D eigenvalue weighted by Gasteiger charge is 2.35. The summed E-state index contributed by atoms with van der Waals surface area (Å²) in [6, 6.07) is 33.7. The van der Waals surface area contributed by atoms with Crippen molar-refractivity contribution >= 4 is 33.0 Å². The van der Waals surface area contributed by atoms with Gasteiger partial charge in [0.05, 0.1) is 11.6 Å². The van der Waals surface area contributed by atoms with Gasteiger partial charge in [0.15, 0.2) is 0 Å². The van der Waals surface area contributed by atoms with E-state index in [1.54, 1.807) is 0 Å². The lowest BCUT2D eigenvalue weighted by atomic mass is 9.82. The Balaban J connectivity index is 1.68. The van der Waals surface area contributed by atoms with E-state index in [1.807, 2.05) is 24.3 Å². The van der Waals surface area contributed by atoms with Gasteiger partial charge in [-0.1, -0.05) is 60.1 Å². The number of nitrogens with zero attached hydrogens (tertiary/aromatic N) is 2. The first-order chi connectivity index (χ1) is 15.0. The van der Waals surface area contributed by atoms with Crippen molar-refractivity contribution in [3.63, 3.8) is 0 Å². The second kappa shape index (κ2) is 7.41. The van der Waals surface area contributed by atoms with Gasteiger partial charge in [0, 0.05) is 26.9 Å². The fourth-order valence-corrected chi connectivity index (χ4v) is 4.82. The monoisotopic (exact) mass is 464 g/mol. The standard InChI is InChI=1S/C28H21BrN2/c1-28(2)26-6-4-3-5-24(26)25-16-15-23(17-27(25)28)31(22-13-9-20(29)10-14-22)21-11-7-19(18-30)8-12-21/h3-17H,1-2H3. The molecule has 1 aliphatic carbocycles. The molecule has 0 saturated carbocycles. The maximum atomic E-state index is 9.21. The normalized spacial score (nSPS) is 13.2. The van der Waals surface area contributed by atoms with Crippen LogP contribution in [0.2, 0.25) is 0 Å². The predicted molar refractivity (Wildman–Crippen MR) is 131 cm³/mol. The largest absolute Gasteiger partial charge is 0.310 e. The summed E-state index contributed by atoms with van der Waals surface area (Å²) in [5, 5.41) is 9.21. The number of hydrogen-bond acceptors (Lipinski definition) is 2. The molecule has 0 fully saturated rings. The van der Waals surface area contributed by atoms with E-state index < -0.39 is 0 Å². The zero-order chi connectivity index (χ0) is 21.6. The SMILES string of the molecule is CC1(C)c2ccccc2-c2ccc(N(c3ccc(Br)cc3)c3ccc(C#N)cc3)cc21. The summed E-state index contributed by atoms with van der Waals surface area (Å²) in [6.45, 7) is 4.60. The summed E-state index contributed by atoms with van der Waals surface area (Å²) in [5.41, 5.74) is 9.13. The van der Waals surface area contributed by atoms with Crippen LogP contribution in [0.3, 0.4) is 0 Å². The number of hydrogen-bond donors (Lipinski definition) is 0. The summed E-state index contributed by atoms with van der Waals surface area (Å²) in [7, 11) is 0. The van der Waals surface area contributed by atoms with Crippen LogP contribution >= 0.6 is 15.9 Å². The van der Waals surface area contributed by atoms with Crippen molar-refractivity contribution in [1.82, 2.24) is 0 Å². The van der Waals surface area contributed by atoms with Gasteiger partial charge in [-0.3, -0.25) is 0 Å². The Morgan fingerprint density at radius 2 is 1.29 bits per heavy atom. The molecule has 0 amide bonds. The van der Waals surface area contributed by atoms with Gasteiger partial charge in [0.2, 0.25) is 0 Å². The first-order valence-corrected chi connectivity index (χ1v) is 11.1. The summed E-state index contributed by atoms with van der Waals surface area (Å²) in [5.74, 6) is 0.